The van der Waals surface area contributed by atoms with Crippen LogP contribution in [0.5, 0.6) is 0 Å². The zero-order valence-electron chi connectivity index (χ0n) is 12.6. The molecule has 0 atom stereocenters. The fraction of sp³-hybridized carbons (Fsp3) is 0.625. The van der Waals surface area contributed by atoms with Gasteiger partial charge < -0.3 is 15.3 Å². The first-order chi connectivity index (χ1) is 10.5. The van der Waals surface area contributed by atoms with E-state index in [1.807, 2.05) is 0 Å². The fourth-order valence-electron chi connectivity index (χ4n) is 2.74. The number of rotatable bonds is 6. The Labute approximate surface area is 129 Å². The number of benzene rings is 1. The molecule has 0 bridgehead atoms. The maximum atomic E-state index is 12.8. The molecule has 1 aromatic carbocycles. The second kappa shape index (κ2) is 7.94. The Kier molecular flexibility index (Phi) is 6.23. The predicted molar refractivity (Wildman–Crippen MR) is 79.4 cm³/mol. The summed E-state index contributed by atoms with van der Waals surface area (Å²) < 4.78 is 38.5. The Bertz CT molecular complexity index is 457. The van der Waals surface area contributed by atoms with Crippen molar-refractivity contribution in [3.8, 4) is 0 Å². The summed E-state index contributed by atoms with van der Waals surface area (Å²) >= 11 is 0. The SMILES string of the molecule is OC1CCN(CCCNCc2ccccc2C(F)(F)F)CC1. The highest BCUT2D eigenvalue weighted by Gasteiger charge is 2.32. The minimum Gasteiger partial charge on any atom is -0.393 e. The van der Waals surface area contributed by atoms with E-state index in [2.05, 4.69) is 10.2 Å². The number of halogens is 3. The van der Waals surface area contributed by atoms with Crippen LogP contribution in [0.3, 0.4) is 0 Å². The van der Waals surface area contributed by atoms with E-state index < -0.39 is 11.7 Å². The third-order valence-electron chi connectivity index (χ3n) is 4.02. The van der Waals surface area contributed by atoms with Crippen molar-refractivity contribution in [2.75, 3.05) is 26.2 Å². The zero-order chi connectivity index (χ0) is 16.0. The lowest BCUT2D eigenvalue weighted by molar-refractivity contribution is -0.138. The van der Waals surface area contributed by atoms with Crippen LogP contribution in [0.4, 0.5) is 13.2 Å². The number of aliphatic hydroxyl groups excluding tert-OH is 1. The molecule has 1 aliphatic heterocycles. The van der Waals surface area contributed by atoms with E-state index >= 15 is 0 Å². The summed E-state index contributed by atoms with van der Waals surface area (Å²) in [4.78, 5) is 2.29. The lowest BCUT2D eigenvalue weighted by Gasteiger charge is -2.29. The van der Waals surface area contributed by atoms with E-state index in [9.17, 15) is 18.3 Å². The average molecular weight is 316 g/mol. The quantitative estimate of drug-likeness (QED) is 0.792. The van der Waals surface area contributed by atoms with Crippen molar-refractivity contribution >= 4 is 0 Å². The molecule has 1 fully saturated rings. The van der Waals surface area contributed by atoms with Crippen molar-refractivity contribution in [3.63, 3.8) is 0 Å². The Morgan fingerprint density at radius 2 is 1.86 bits per heavy atom. The number of piperidine rings is 1. The molecule has 1 aliphatic rings. The van der Waals surface area contributed by atoms with E-state index in [4.69, 9.17) is 0 Å². The lowest BCUT2D eigenvalue weighted by Crippen LogP contribution is -2.37. The van der Waals surface area contributed by atoms with Crippen molar-refractivity contribution in [1.82, 2.24) is 10.2 Å². The minimum atomic E-state index is -4.30. The van der Waals surface area contributed by atoms with Crippen molar-refractivity contribution in [2.24, 2.45) is 0 Å². The summed E-state index contributed by atoms with van der Waals surface area (Å²) in [6.45, 7) is 3.64. The van der Waals surface area contributed by atoms with Crippen LogP contribution in [0.25, 0.3) is 0 Å². The van der Waals surface area contributed by atoms with Crippen LogP contribution >= 0.6 is 0 Å². The van der Waals surface area contributed by atoms with Gasteiger partial charge in [0.25, 0.3) is 0 Å². The molecule has 1 heterocycles. The molecule has 2 rings (SSSR count). The third-order valence-corrected chi connectivity index (χ3v) is 4.02. The summed E-state index contributed by atoms with van der Waals surface area (Å²) in [6.07, 6.45) is -1.95. The number of hydrogen-bond donors (Lipinski definition) is 2. The monoisotopic (exact) mass is 316 g/mol. The van der Waals surface area contributed by atoms with Crippen LogP contribution < -0.4 is 5.32 Å². The van der Waals surface area contributed by atoms with E-state index in [1.54, 1.807) is 6.07 Å². The predicted octanol–water partition coefficient (Wildman–Crippen LogP) is 2.64. The highest BCUT2D eigenvalue weighted by molar-refractivity contribution is 5.29. The van der Waals surface area contributed by atoms with Gasteiger partial charge in [-0.25, -0.2) is 0 Å². The number of aliphatic hydroxyl groups is 1. The van der Waals surface area contributed by atoms with Gasteiger partial charge in [0, 0.05) is 19.6 Å². The van der Waals surface area contributed by atoms with Gasteiger partial charge in [-0.05, 0) is 44.0 Å². The lowest BCUT2D eigenvalue weighted by atomic mass is 10.1. The summed E-state index contributed by atoms with van der Waals surface area (Å²) in [6, 6.07) is 5.68. The molecule has 1 aromatic rings. The molecule has 0 aromatic heterocycles. The number of nitrogens with zero attached hydrogens (tertiary/aromatic N) is 1. The minimum absolute atomic E-state index is 0.173. The van der Waals surface area contributed by atoms with Gasteiger partial charge in [-0.15, -0.1) is 0 Å². The van der Waals surface area contributed by atoms with E-state index in [0.29, 0.717) is 6.54 Å². The van der Waals surface area contributed by atoms with Crippen LogP contribution in [0, 0.1) is 0 Å². The largest absolute Gasteiger partial charge is 0.416 e. The van der Waals surface area contributed by atoms with Crippen molar-refractivity contribution < 1.29 is 18.3 Å². The van der Waals surface area contributed by atoms with Gasteiger partial charge in [0.2, 0.25) is 0 Å². The summed E-state index contributed by atoms with van der Waals surface area (Å²) in [5.74, 6) is 0. The molecule has 2 N–H and O–H groups in total. The van der Waals surface area contributed by atoms with Crippen LogP contribution in [-0.4, -0.2) is 42.3 Å². The molecule has 0 radical (unpaired) electrons. The Balaban J connectivity index is 1.69. The molecule has 3 nitrogen and oxygen atoms in total. The molecule has 1 saturated heterocycles. The van der Waals surface area contributed by atoms with Crippen molar-refractivity contribution in [2.45, 2.75) is 38.1 Å². The highest BCUT2D eigenvalue weighted by atomic mass is 19.4. The molecule has 6 heteroatoms. The smallest absolute Gasteiger partial charge is 0.393 e. The standard InChI is InChI=1S/C16H23F3N2O/c17-16(18,19)15-5-2-1-4-13(15)12-20-8-3-9-21-10-6-14(22)7-11-21/h1-2,4-5,14,20,22H,3,6-12H2. The van der Waals surface area contributed by atoms with Crippen molar-refractivity contribution in [3.05, 3.63) is 35.4 Å². The summed E-state index contributed by atoms with van der Waals surface area (Å²) in [5, 5.41) is 12.5. The fourth-order valence-corrected chi connectivity index (χ4v) is 2.74. The average Bonchev–Trinajstić information content (AvgIpc) is 2.48. The molecule has 124 valence electrons. The van der Waals surface area contributed by atoms with Gasteiger partial charge in [0.15, 0.2) is 0 Å². The summed E-state index contributed by atoms with van der Waals surface area (Å²) in [7, 11) is 0. The molecular formula is C16H23F3N2O. The maximum Gasteiger partial charge on any atom is 0.416 e. The molecule has 0 spiro atoms. The molecule has 0 aliphatic carbocycles. The maximum absolute atomic E-state index is 12.8. The molecule has 0 unspecified atom stereocenters. The van der Waals surface area contributed by atoms with Crippen LogP contribution in [0.15, 0.2) is 24.3 Å². The zero-order valence-corrected chi connectivity index (χ0v) is 12.6. The molecule has 22 heavy (non-hydrogen) atoms. The van der Waals surface area contributed by atoms with Gasteiger partial charge in [0.1, 0.15) is 0 Å². The van der Waals surface area contributed by atoms with Gasteiger partial charge in [-0.3, -0.25) is 0 Å². The first kappa shape index (κ1) is 17.2. The van der Waals surface area contributed by atoms with E-state index in [-0.39, 0.29) is 18.2 Å². The second-order valence-corrected chi connectivity index (χ2v) is 5.76. The number of likely N-dealkylation sites (tertiary alicyclic amines) is 1. The van der Waals surface area contributed by atoms with Gasteiger partial charge in [-0.1, -0.05) is 18.2 Å². The van der Waals surface area contributed by atoms with Crippen LogP contribution in [0.2, 0.25) is 0 Å². The number of hydrogen-bond acceptors (Lipinski definition) is 3. The van der Waals surface area contributed by atoms with Gasteiger partial charge in [-0.2, -0.15) is 13.2 Å². The second-order valence-electron chi connectivity index (χ2n) is 5.76. The highest BCUT2D eigenvalue weighted by Crippen LogP contribution is 2.31. The summed E-state index contributed by atoms with van der Waals surface area (Å²) in [5.41, 5.74) is -0.274. The normalized spacial score (nSPS) is 17.8. The molecular weight excluding hydrogens is 293 g/mol. The molecule has 0 amide bonds. The Morgan fingerprint density at radius 3 is 2.55 bits per heavy atom. The first-order valence-electron chi connectivity index (χ1n) is 7.73. The first-order valence-corrected chi connectivity index (χ1v) is 7.73. The third kappa shape index (κ3) is 5.26. The van der Waals surface area contributed by atoms with Crippen LogP contribution in [0.1, 0.15) is 30.4 Å². The van der Waals surface area contributed by atoms with Crippen LogP contribution in [-0.2, 0) is 12.7 Å². The Hall–Kier alpha value is -1.11. The van der Waals surface area contributed by atoms with Gasteiger partial charge in [0.05, 0.1) is 11.7 Å². The van der Waals surface area contributed by atoms with Gasteiger partial charge >= 0.3 is 6.18 Å². The van der Waals surface area contributed by atoms with E-state index in [1.165, 1.54) is 12.1 Å². The van der Waals surface area contributed by atoms with E-state index in [0.717, 1.165) is 45.0 Å². The number of alkyl halides is 3. The number of nitrogens with one attached hydrogen (secondary N) is 1. The molecule has 0 saturated carbocycles. The Morgan fingerprint density at radius 1 is 1.18 bits per heavy atom. The topological polar surface area (TPSA) is 35.5 Å². The van der Waals surface area contributed by atoms with Crippen molar-refractivity contribution in [1.29, 1.82) is 0 Å².